The van der Waals surface area contributed by atoms with Crippen molar-refractivity contribution in [2.75, 3.05) is 13.1 Å². The van der Waals surface area contributed by atoms with Crippen molar-refractivity contribution in [3.8, 4) is 0 Å². The molecule has 156 valence electrons. The van der Waals surface area contributed by atoms with Crippen LogP contribution in [0.25, 0.3) is 0 Å². The van der Waals surface area contributed by atoms with E-state index >= 15 is 0 Å². The van der Waals surface area contributed by atoms with Gasteiger partial charge in [0.1, 0.15) is 0 Å². The smallest absolute Gasteiger partial charge is 0.0446 e. The molecule has 0 radical (unpaired) electrons. The molecule has 4 aliphatic rings. The van der Waals surface area contributed by atoms with Gasteiger partial charge in [-0.1, -0.05) is 56.1 Å². The first-order valence-electron chi connectivity index (χ1n) is 11.0. The summed E-state index contributed by atoms with van der Waals surface area (Å²) in [6, 6.07) is 16.9. The number of hydrogen-bond acceptors (Lipinski definition) is 2. The summed E-state index contributed by atoms with van der Waals surface area (Å²) in [7, 11) is 0. The predicted octanol–water partition coefficient (Wildman–Crippen LogP) is 7.34. The van der Waals surface area contributed by atoms with E-state index in [4.69, 9.17) is 9.98 Å². The lowest BCUT2D eigenvalue weighted by Gasteiger charge is -2.61. The summed E-state index contributed by atoms with van der Waals surface area (Å²) in [4.78, 5) is 9.89. The SMILES string of the molecule is Brc1ccc(C=NCC23CC4CC(C2)CC(CN=Cc2ccc(Br)cc2)(C4)C3)cc1. The molecule has 0 aromatic heterocycles. The standard InChI is InChI=1S/C26H28Br2N2/c27-23-5-1-19(2-6-23)14-29-17-25-10-21-9-22(11-25)13-26(12-21,16-25)18-30-15-20-3-7-24(28)8-4-20/h1-8,14-15,21-22H,9-13,16-18H2. The Hall–Kier alpha value is -1.26. The zero-order valence-corrected chi connectivity index (χ0v) is 20.4. The Morgan fingerprint density at radius 2 is 1.10 bits per heavy atom. The fourth-order valence-corrected chi connectivity index (χ4v) is 7.34. The molecule has 0 unspecified atom stereocenters. The summed E-state index contributed by atoms with van der Waals surface area (Å²) < 4.78 is 2.23. The summed E-state index contributed by atoms with van der Waals surface area (Å²) in [5, 5.41) is 0. The minimum atomic E-state index is 0.406. The van der Waals surface area contributed by atoms with Gasteiger partial charge in [-0.25, -0.2) is 0 Å². The zero-order chi connectivity index (χ0) is 20.6. The maximum Gasteiger partial charge on any atom is 0.0446 e. The first kappa shape index (κ1) is 20.6. The van der Waals surface area contributed by atoms with Gasteiger partial charge in [0, 0.05) is 34.5 Å². The normalized spacial score (nSPS) is 32.5. The number of aliphatic imine (C=N–C) groups is 2. The van der Waals surface area contributed by atoms with Crippen molar-refractivity contribution < 1.29 is 0 Å². The molecular weight excluding hydrogens is 500 g/mol. The number of halogens is 2. The molecule has 0 saturated heterocycles. The molecule has 0 N–H and O–H groups in total. The van der Waals surface area contributed by atoms with Crippen molar-refractivity contribution in [1.29, 1.82) is 0 Å². The van der Waals surface area contributed by atoms with Crippen LogP contribution in [0.2, 0.25) is 0 Å². The highest BCUT2D eigenvalue weighted by Gasteiger charge is 2.57. The van der Waals surface area contributed by atoms with E-state index in [1.165, 1.54) is 49.7 Å². The second-order valence-electron chi connectivity index (χ2n) is 10.0. The van der Waals surface area contributed by atoms with Crippen LogP contribution in [0.4, 0.5) is 0 Å². The molecule has 2 aromatic carbocycles. The summed E-state index contributed by atoms with van der Waals surface area (Å²) >= 11 is 7.02. The third-order valence-corrected chi connectivity index (χ3v) is 8.43. The van der Waals surface area contributed by atoms with Gasteiger partial charge in [-0.15, -0.1) is 0 Å². The second kappa shape index (κ2) is 8.35. The van der Waals surface area contributed by atoms with Gasteiger partial charge in [-0.2, -0.15) is 0 Å². The van der Waals surface area contributed by atoms with Gasteiger partial charge in [0.2, 0.25) is 0 Å². The third-order valence-electron chi connectivity index (χ3n) is 7.38. The fourth-order valence-electron chi connectivity index (χ4n) is 6.81. The quantitative estimate of drug-likeness (QED) is 0.351. The molecule has 0 amide bonds. The van der Waals surface area contributed by atoms with Gasteiger partial charge in [0.05, 0.1) is 0 Å². The van der Waals surface area contributed by atoms with Crippen molar-refractivity contribution in [1.82, 2.24) is 0 Å². The third kappa shape index (κ3) is 4.50. The Labute approximate surface area is 196 Å². The van der Waals surface area contributed by atoms with Gasteiger partial charge in [0.25, 0.3) is 0 Å². The Bertz CT molecular complexity index is 857. The molecule has 0 aliphatic heterocycles. The van der Waals surface area contributed by atoms with Gasteiger partial charge in [0.15, 0.2) is 0 Å². The first-order chi connectivity index (χ1) is 14.5. The van der Waals surface area contributed by atoms with E-state index in [9.17, 15) is 0 Å². The topological polar surface area (TPSA) is 24.7 Å². The van der Waals surface area contributed by atoms with Crippen LogP contribution in [0.3, 0.4) is 0 Å². The van der Waals surface area contributed by atoms with Gasteiger partial charge >= 0.3 is 0 Å². The van der Waals surface area contributed by atoms with Crippen LogP contribution < -0.4 is 0 Å². The Kier molecular flexibility index (Phi) is 5.74. The van der Waals surface area contributed by atoms with Crippen LogP contribution >= 0.6 is 31.9 Å². The zero-order valence-electron chi connectivity index (χ0n) is 17.2. The molecule has 4 bridgehead atoms. The molecule has 6 rings (SSSR count). The monoisotopic (exact) mass is 526 g/mol. The first-order valence-corrected chi connectivity index (χ1v) is 12.6. The Morgan fingerprint density at radius 1 is 0.700 bits per heavy atom. The molecule has 4 fully saturated rings. The summed E-state index contributed by atoms with van der Waals surface area (Å²) in [6.45, 7) is 1.96. The highest BCUT2D eigenvalue weighted by Crippen LogP contribution is 2.65. The lowest BCUT2D eigenvalue weighted by atomic mass is 9.44. The number of benzene rings is 2. The predicted molar refractivity (Wildman–Crippen MR) is 133 cm³/mol. The number of rotatable bonds is 6. The number of hydrogen-bond donors (Lipinski definition) is 0. The average Bonchev–Trinajstić information content (AvgIpc) is 2.70. The van der Waals surface area contributed by atoms with Crippen molar-refractivity contribution >= 4 is 44.3 Å². The molecule has 0 heterocycles. The molecule has 2 aromatic rings. The molecule has 4 aliphatic carbocycles. The van der Waals surface area contributed by atoms with Crippen molar-refractivity contribution in [2.45, 2.75) is 38.5 Å². The van der Waals surface area contributed by atoms with E-state index < -0.39 is 0 Å². The van der Waals surface area contributed by atoms with Crippen molar-refractivity contribution in [3.63, 3.8) is 0 Å². The van der Waals surface area contributed by atoms with E-state index in [1.807, 2.05) is 0 Å². The number of nitrogens with zero attached hydrogens (tertiary/aromatic N) is 2. The molecule has 30 heavy (non-hydrogen) atoms. The van der Waals surface area contributed by atoms with E-state index in [-0.39, 0.29) is 0 Å². The molecule has 4 heteroatoms. The van der Waals surface area contributed by atoms with Crippen LogP contribution in [0.5, 0.6) is 0 Å². The lowest BCUT2D eigenvalue weighted by molar-refractivity contribution is -0.100. The summed E-state index contributed by atoms with van der Waals surface area (Å²) in [6.07, 6.45) is 12.4. The molecule has 0 atom stereocenters. The highest BCUT2D eigenvalue weighted by atomic mass is 79.9. The lowest BCUT2D eigenvalue weighted by Crippen LogP contribution is -2.54. The van der Waals surface area contributed by atoms with E-state index in [2.05, 4.69) is 92.8 Å². The van der Waals surface area contributed by atoms with E-state index in [0.29, 0.717) is 10.8 Å². The van der Waals surface area contributed by atoms with Crippen molar-refractivity contribution in [2.24, 2.45) is 32.7 Å². The van der Waals surface area contributed by atoms with Crippen LogP contribution in [0.1, 0.15) is 49.7 Å². The van der Waals surface area contributed by atoms with E-state index in [1.54, 1.807) is 0 Å². The molecule has 2 nitrogen and oxygen atoms in total. The molecule has 4 saturated carbocycles. The second-order valence-corrected chi connectivity index (χ2v) is 11.8. The van der Waals surface area contributed by atoms with Gasteiger partial charge in [-0.3, -0.25) is 9.98 Å². The minimum Gasteiger partial charge on any atom is -0.292 e. The molecule has 0 spiro atoms. The van der Waals surface area contributed by atoms with E-state index in [0.717, 1.165) is 33.9 Å². The largest absolute Gasteiger partial charge is 0.292 e. The summed E-state index contributed by atoms with van der Waals surface area (Å²) in [5.41, 5.74) is 3.19. The average molecular weight is 528 g/mol. The maximum absolute atomic E-state index is 4.95. The molecular formula is C26H28Br2N2. The Morgan fingerprint density at radius 3 is 1.50 bits per heavy atom. The van der Waals surface area contributed by atoms with Gasteiger partial charge < -0.3 is 0 Å². The summed E-state index contributed by atoms with van der Waals surface area (Å²) in [5.74, 6) is 1.77. The highest BCUT2D eigenvalue weighted by molar-refractivity contribution is 9.10. The van der Waals surface area contributed by atoms with Gasteiger partial charge in [-0.05, 0) is 96.6 Å². The minimum absolute atomic E-state index is 0.406. The Balaban J connectivity index is 1.28. The van der Waals surface area contributed by atoms with Crippen molar-refractivity contribution in [3.05, 3.63) is 68.6 Å². The fraction of sp³-hybridized carbons (Fsp3) is 0.462. The maximum atomic E-state index is 4.95. The van der Waals surface area contributed by atoms with Crippen LogP contribution in [-0.2, 0) is 0 Å². The van der Waals surface area contributed by atoms with Crippen LogP contribution in [0, 0.1) is 22.7 Å². The van der Waals surface area contributed by atoms with Crippen LogP contribution in [0.15, 0.2) is 67.5 Å². The van der Waals surface area contributed by atoms with Crippen LogP contribution in [-0.4, -0.2) is 25.5 Å².